The van der Waals surface area contributed by atoms with Crippen LogP contribution in [0, 0.1) is 11.6 Å². The number of aryl methyl sites for hydroxylation is 2. The molecule has 0 radical (unpaired) electrons. The smallest absolute Gasteiger partial charge is 0.159 e. The summed E-state index contributed by atoms with van der Waals surface area (Å²) in [7, 11) is 0. The fourth-order valence-corrected chi connectivity index (χ4v) is 4.09. The summed E-state index contributed by atoms with van der Waals surface area (Å²) in [6, 6.07) is 6.15. The number of halogens is 3. The number of rotatable bonds is 3. The van der Waals surface area contributed by atoms with E-state index in [4.69, 9.17) is 11.6 Å². The molecule has 0 amide bonds. The highest BCUT2D eigenvalue weighted by molar-refractivity contribution is 7.12. The second-order valence-corrected chi connectivity index (χ2v) is 6.57. The summed E-state index contributed by atoms with van der Waals surface area (Å²) in [5.74, 6) is -1.62. The van der Waals surface area contributed by atoms with Crippen molar-refractivity contribution in [2.24, 2.45) is 0 Å². The van der Waals surface area contributed by atoms with E-state index >= 15 is 0 Å². The third-order valence-electron chi connectivity index (χ3n) is 3.47. The van der Waals surface area contributed by atoms with Gasteiger partial charge in [-0.25, -0.2) is 8.78 Å². The maximum absolute atomic E-state index is 13.1. The Labute approximate surface area is 120 Å². The van der Waals surface area contributed by atoms with Gasteiger partial charge in [0.15, 0.2) is 11.6 Å². The van der Waals surface area contributed by atoms with Crippen LogP contribution in [0.5, 0.6) is 0 Å². The quantitative estimate of drug-likeness (QED) is 0.697. The largest absolute Gasteiger partial charge is 0.204 e. The Kier molecular flexibility index (Phi) is 3.59. The third kappa shape index (κ3) is 2.67. The van der Waals surface area contributed by atoms with E-state index in [-0.39, 0.29) is 5.38 Å². The topological polar surface area (TPSA) is 0 Å². The molecule has 0 aliphatic heterocycles. The summed E-state index contributed by atoms with van der Waals surface area (Å²) in [6.07, 6.45) is 4.05. The Morgan fingerprint density at radius 1 is 1.16 bits per heavy atom. The van der Waals surface area contributed by atoms with Gasteiger partial charge in [0.25, 0.3) is 0 Å². The minimum absolute atomic E-state index is 0.166. The lowest BCUT2D eigenvalue weighted by Crippen LogP contribution is -1.95. The number of fused-ring (bicyclic) bond motifs is 1. The molecule has 0 saturated heterocycles. The first-order valence-electron chi connectivity index (χ1n) is 6.33. The van der Waals surface area contributed by atoms with Crippen molar-refractivity contribution in [3.05, 3.63) is 56.8 Å². The van der Waals surface area contributed by atoms with Crippen LogP contribution < -0.4 is 0 Å². The molecule has 1 aliphatic rings. The minimum Gasteiger partial charge on any atom is -0.204 e. The lowest BCUT2D eigenvalue weighted by Gasteiger charge is -2.08. The highest BCUT2D eigenvalue weighted by Crippen LogP contribution is 2.37. The van der Waals surface area contributed by atoms with Crippen LogP contribution >= 0.6 is 22.9 Å². The van der Waals surface area contributed by atoms with Gasteiger partial charge in [-0.3, -0.25) is 0 Å². The van der Waals surface area contributed by atoms with E-state index < -0.39 is 11.6 Å². The molecule has 100 valence electrons. The number of alkyl halides is 1. The summed E-state index contributed by atoms with van der Waals surface area (Å²) >= 11 is 8.15. The van der Waals surface area contributed by atoms with Crippen LogP contribution in [0.15, 0.2) is 24.3 Å². The Balaban J connectivity index is 1.76. The molecular formula is C15H13ClF2S. The molecule has 1 heterocycles. The van der Waals surface area contributed by atoms with Crippen LogP contribution in [-0.2, 0) is 19.3 Å². The molecule has 0 fully saturated rings. The van der Waals surface area contributed by atoms with Gasteiger partial charge < -0.3 is 0 Å². The van der Waals surface area contributed by atoms with Crippen molar-refractivity contribution in [3.63, 3.8) is 0 Å². The van der Waals surface area contributed by atoms with Gasteiger partial charge in [-0.2, -0.15) is 0 Å². The normalized spacial score (nSPS) is 15.5. The van der Waals surface area contributed by atoms with Crippen molar-refractivity contribution in [1.82, 2.24) is 0 Å². The van der Waals surface area contributed by atoms with Crippen LogP contribution in [0.3, 0.4) is 0 Å². The summed E-state index contributed by atoms with van der Waals surface area (Å²) in [5.41, 5.74) is 2.14. The van der Waals surface area contributed by atoms with E-state index in [1.165, 1.54) is 22.9 Å². The van der Waals surface area contributed by atoms with Gasteiger partial charge in [-0.05, 0) is 55.0 Å². The van der Waals surface area contributed by atoms with Crippen molar-refractivity contribution in [1.29, 1.82) is 0 Å². The summed E-state index contributed by atoms with van der Waals surface area (Å²) in [5, 5.41) is -0.166. The zero-order chi connectivity index (χ0) is 13.4. The average Bonchev–Trinajstić information content (AvgIpc) is 2.94. The molecule has 1 unspecified atom stereocenters. The number of benzene rings is 1. The van der Waals surface area contributed by atoms with E-state index in [1.807, 2.05) is 0 Å². The molecule has 3 rings (SSSR count). The zero-order valence-corrected chi connectivity index (χ0v) is 11.8. The zero-order valence-electron chi connectivity index (χ0n) is 10.3. The molecular weight excluding hydrogens is 286 g/mol. The fourth-order valence-electron chi connectivity index (χ4n) is 2.48. The van der Waals surface area contributed by atoms with Crippen molar-refractivity contribution in [3.8, 4) is 0 Å². The van der Waals surface area contributed by atoms with Crippen LogP contribution in [-0.4, -0.2) is 0 Å². The van der Waals surface area contributed by atoms with Crippen LogP contribution in [0.25, 0.3) is 0 Å². The molecule has 2 aromatic rings. The van der Waals surface area contributed by atoms with E-state index in [1.54, 1.807) is 17.4 Å². The van der Waals surface area contributed by atoms with Gasteiger partial charge >= 0.3 is 0 Å². The van der Waals surface area contributed by atoms with Crippen LogP contribution in [0.2, 0.25) is 0 Å². The lowest BCUT2D eigenvalue weighted by atomic mass is 10.1. The first-order chi connectivity index (χ1) is 9.13. The average molecular weight is 299 g/mol. The van der Waals surface area contributed by atoms with E-state index in [0.717, 1.165) is 29.3 Å². The Hall–Kier alpha value is -0.930. The first kappa shape index (κ1) is 13.1. The molecule has 1 atom stereocenters. The van der Waals surface area contributed by atoms with Crippen molar-refractivity contribution in [2.45, 2.75) is 31.1 Å². The van der Waals surface area contributed by atoms with Gasteiger partial charge in [-0.15, -0.1) is 22.9 Å². The van der Waals surface area contributed by atoms with Crippen LogP contribution in [0.1, 0.15) is 32.7 Å². The molecule has 19 heavy (non-hydrogen) atoms. The molecule has 0 bridgehead atoms. The number of hydrogen-bond donors (Lipinski definition) is 0. The lowest BCUT2D eigenvalue weighted by molar-refractivity contribution is 0.507. The minimum atomic E-state index is -0.815. The Morgan fingerprint density at radius 2 is 2.00 bits per heavy atom. The van der Waals surface area contributed by atoms with E-state index in [2.05, 4.69) is 6.07 Å². The highest BCUT2D eigenvalue weighted by atomic mass is 35.5. The SMILES string of the molecule is Fc1ccc(CC(Cl)c2cc3c(s2)CCC3)cc1F. The standard InChI is InChI=1S/C15H13ClF2S/c16-11(6-9-4-5-12(17)13(18)7-9)15-8-10-2-1-3-14(10)19-15/h4-5,7-8,11H,1-3,6H2. The summed E-state index contributed by atoms with van der Waals surface area (Å²) < 4.78 is 26.0. The second kappa shape index (κ2) is 5.22. The number of hydrogen-bond acceptors (Lipinski definition) is 1. The van der Waals surface area contributed by atoms with Crippen molar-refractivity contribution < 1.29 is 8.78 Å². The summed E-state index contributed by atoms with van der Waals surface area (Å²) in [6.45, 7) is 0. The van der Waals surface area contributed by atoms with Crippen molar-refractivity contribution >= 4 is 22.9 Å². The molecule has 0 nitrogen and oxygen atoms in total. The molecule has 1 aliphatic carbocycles. The third-order valence-corrected chi connectivity index (χ3v) is 5.34. The first-order valence-corrected chi connectivity index (χ1v) is 7.58. The molecule has 4 heteroatoms. The van der Waals surface area contributed by atoms with Crippen molar-refractivity contribution in [2.75, 3.05) is 0 Å². The van der Waals surface area contributed by atoms with Gasteiger partial charge in [0.2, 0.25) is 0 Å². The van der Waals surface area contributed by atoms with E-state index in [0.29, 0.717) is 6.42 Å². The fraction of sp³-hybridized carbons (Fsp3) is 0.333. The maximum atomic E-state index is 13.1. The van der Waals surface area contributed by atoms with Gasteiger partial charge in [0.1, 0.15) is 0 Å². The van der Waals surface area contributed by atoms with Gasteiger partial charge in [-0.1, -0.05) is 6.07 Å². The van der Waals surface area contributed by atoms with Gasteiger partial charge in [0.05, 0.1) is 5.38 Å². The second-order valence-electron chi connectivity index (χ2n) is 4.87. The molecule has 0 spiro atoms. The maximum Gasteiger partial charge on any atom is 0.159 e. The molecule has 1 aromatic carbocycles. The highest BCUT2D eigenvalue weighted by Gasteiger charge is 2.19. The Bertz CT molecular complexity index is 585. The van der Waals surface area contributed by atoms with Gasteiger partial charge in [0, 0.05) is 9.75 Å². The molecule has 0 N–H and O–H groups in total. The monoisotopic (exact) mass is 298 g/mol. The predicted molar refractivity (Wildman–Crippen MR) is 75.0 cm³/mol. The predicted octanol–water partition coefficient (Wildman–Crippen LogP) is 5.04. The van der Waals surface area contributed by atoms with Crippen LogP contribution in [0.4, 0.5) is 8.78 Å². The number of thiophene rings is 1. The molecule has 1 aromatic heterocycles. The van der Waals surface area contributed by atoms with E-state index in [9.17, 15) is 8.78 Å². The molecule has 0 saturated carbocycles. The summed E-state index contributed by atoms with van der Waals surface area (Å²) in [4.78, 5) is 2.57. The Morgan fingerprint density at radius 3 is 2.74 bits per heavy atom.